The maximum atomic E-state index is 9.57. The zero-order chi connectivity index (χ0) is 19.9. The minimum atomic E-state index is 0.279. The van der Waals surface area contributed by atoms with Gasteiger partial charge in [-0.25, -0.2) is 10.1 Å². The molecule has 6 heteroatoms. The number of allylic oxidation sites excluding steroid dienone is 1. The highest BCUT2D eigenvalue weighted by molar-refractivity contribution is 5.34. The number of nitrogens with zero attached hydrogens (tertiary/aromatic N) is 6. The van der Waals surface area contributed by atoms with E-state index in [0.29, 0.717) is 12.1 Å². The van der Waals surface area contributed by atoms with Gasteiger partial charge in [0.25, 0.3) is 0 Å². The molecule has 0 N–H and O–H groups in total. The topological polar surface area (TPSA) is 41.1 Å². The Balaban J connectivity index is 1.61. The van der Waals surface area contributed by atoms with Gasteiger partial charge in [-0.05, 0) is 65.6 Å². The molecule has 0 bridgehead atoms. The van der Waals surface area contributed by atoms with Gasteiger partial charge in [0, 0.05) is 44.8 Å². The lowest BCUT2D eigenvalue weighted by molar-refractivity contribution is 0.116. The largest absolute Gasteiger partial charge is 0.365 e. The number of hydrogen-bond acceptors (Lipinski definition) is 5. The van der Waals surface area contributed by atoms with Gasteiger partial charge in [0.1, 0.15) is 5.82 Å². The fourth-order valence-electron chi connectivity index (χ4n) is 4.99. The van der Waals surface area contributed by atoms with Gasteiger partial charge in [0.15, 0.2) is 0 Å². The van der Waals surface area contributed by atoms with E-state index in [4.69, 9.17) is 6.57 Å². The van der Waals surface area contributed by atoms with Crippen LogP contribution in [0.15, 0.2) is 11.5 Å². The zero-order valence-corrected chi connectivity index (χ0v) is 17.7. The molecule has 6 nitrogen and oxygen atoms in total. The summed E-state index contributed by atoms with van der Waals surface area (Å²) >= 11 is 0. The van der Waals surface area contributed by atoms with E-state index in [1.165, 1.54) is 32.4 Å². The van der Waals surface area contributed by atoms with Crippen molar-refractivity contribution in [3.05, 3.63) is 22.9 Å². The second-order valence-electron chi connectivity index (χ2n) is 8.69. The van der Waals surface area contributed by atoms with Gasteiger partial charge in [-0.1, -0.05) is 6.42 Å². The quantitative estimate of drug-likeness (QED) is 0.520. The number of piperidine rings is 2. The molecule has 3 heterocycles. The third-order valence-corrected chi connectivity index (χ3v) is 6.63. The van der Waals surface area contributed by atoms with E-state index in [-0.39, 0.29) is 5.70 Å². The average Bonchev–Trinajstić information content (AvgIpc) is 3.14. The van der Waals surface area contributed by atoms with Crippen LogP contribution in [0.2, 0.25) is 0 Å². The first kappa shape index (κ1) is 21.0. The summed E-state index contributed by atoms with van der Waals surface area (Å²) in [5, 5.41) is 9.57. The Morgan fingerprint density at radius 1 is 1.07 bits per heavy atom. The van der Waals surface area contributed by atoms with Crippen molar-refractivity contribution in [2.75, 3.05) is 52.4 Å². The summed E-state index contributed by atoms with van der Waals surface area (Å²) in [6.07, 6.45) is 7.39. The first-order valence-corrected chi connectivity index (χ1v) is 11.1. The van der Waals surface area contributed by atoms with Crippen molar-refractivity contribution in [3.63, 3.8) is 0 Å². The van der Waals surface area contributed by atoms with Crippen LogP contribution in [0.4, 0.5) is 0 Å². The van der Waals surface area contributed by atoms with Crippen molar-refractivity contribution < 1.29 is 0 Å². The van der Waals surface area contributed by atoms with Crippen molar-refractivity contribution in [1.82, 2.24) is 19.6 Å². The van der Waals surface area contributed by atoms with Crippen LogP contribution < -0.4 is 0 Å². The number of likely N-dealkylation sites (tertiary alicyclic amines) is 2. The van der Waals surface area contributed by atoms with Gasteiger partial charge in [-0.2, -0.15) is 0 Å². The second kappa shape index (κ2) is 10.1. The predicted molar refractivity (Wildman–Crippen MR) is 112 cm³/mol. The molecular formula is C22H36N6. The van der Waals surface area contributed by atoms with Crippen LogP contribution in [-0.4, -0.2) is 84.0 Å². The summed E-state index contributed by atoms with van der Waals surface area (Å²) in [5.41, 5.74) is 0.279. The normalized spacial score (nSPS) is 24.5. The molecule has 3 saturated heterocycles. The second-order valence-corrected chi connectivity index (χ2v) is 8.69. The Hall–Kier alpha value is -1.76. The van der Waals surface area contributed by atoms with E-state index >= 15 is 0 Å². The van der Waals surface area contributed by atoms with Gasteiger partial charge in [0.05, 0.1) is 12.6 Å². The van der Waals surface area contributed by atoms with E-state index in [1.807, 2.05) is 0 Å². The van der Waals surface area contributed by atoms with E-state index in [1.54, 1.807) is 0 Å². The summed E-state index contributed by atoms with van der Waals surface area (Å²) in [5.74, 6) is 0.916. The average molecular weight is 385 g/mol. The summed E-state index contributed by atoms with van der Waals surface area (Å²) in [6, 6.07) is 3.24. The molecule has 0 aromatic rings. The Morgan fingerprint density at radius 3 is 2.39 bits per heavy atom. The molecule has 0 radical (unpaired) electrons. The van der Waals surface area contributed by atoms with Crippen LogP contribution in [0, 0.1) is 17.9 Å². The smallest absolute Gasteiger partial charge is 0.300 e. The number of rotatable bonds is 6. The number of nitriles is 1. The first-order valence-electron chi connectivity index (χ1n) is 11.1. The summed E-state index contributed by atoms with van der Waals surface area (Å²) in [4.78, 5) is 13.4. The molecule has 3 rings (SSSR count). The predicted octanol–water partition coefficient (Wildman–Crippen LogP) is 2.96. The van der Waals surface area contributed by atoms with Crippen LogP contribution in [0.25, 0.3) is 4.85 Å². The van der Waals surface area contributed by atoms with Gasteiger partial charge in [-0.3, -0.25) is 0 Å². The highest BCUT2D eigenvalue weighted by Crippen LogP contribution is 2.30. The molecule has 0 unspecified atom stereocenters. The molecule has 3 aliphatic heterocycles. The van der Waals surface area contributed by atoms with Crippen LogP contribution in [0.3, 0.4) is 0 Å². The van der Waals surface area contributed by atoms with E-state index < -0.39 is 0 Å². The van der Waals surface area contributed by atoms with Crippen LogP contribution in [-0.2, 0) is 0 Å². The summed E-state index contributed by atoms with van der Waals surface area (Å²) in [6.45, 7) is 20.7. The van der Waals surface area contributed by atoms with Crippen molar-refractivity contribution in [1.29, 1.82) is 5.26 Å². The summed E-state index contributed by atoms with van der Waals surface area (Å²) < 4.78 is 0. The lowest BCUT2D eigenvalue weighted by Gasteiger charge is -2.40. The minimum Gasteiger partial charge on any atom is -0.365 e. The van der Waals surface area contributed by atoms with Gasteiger partial charge < -0.3 is 19.6 Å². The Bertz CT molecular complexity index is 598. The van der Waals surface area contributed by atoms with Crippen molar-refractivity contribution >= 4 is 0 Å². The first-order chi connectivity index (χ1) is 13.6. The lowest BCUT2D eigenvalue weighted by Crippen LogP contribution is -2.46. The minimum absolute atomic E-state index is 0.279. The fraction of sp³-hybridized carbons (Fsp3) is 0.818. The summed E-state index contributed by atoms with van der Waals surface area (Å²) in [7, 11) is 0. The molecule has 0 aliphatic carbocycles. The van der Waals surface area contributed by atoms with Gasteiger partial charge in [0.2, 0.25) is 0 Å². The molecule has 154 valence electrons. The monoisotopic (exact) mass is 384 g/mol. The molecule has 28 heavy (non-hydrogen) atoms. The third kappa shape index (κ3) is 4.99. The van der Waals surface area contributed by atoms with Crippen molar-refractivity contribution in [2.24, 2.45) is 0 Å². The molecule has 0 aromatic carbocycles. The van der Waals surface area contributed by atoms with Gasteiger partial charge in [-0.15, -0.1) is 0 Å². The Morgan fingerprint density at radius 2 is 1.79 bits per heavy atom. The highest BCUT2D eigenvalue weighted by Gasteiger charge is 2.34. The highest BCUT2D eigenvalue weighted by atomic mass is 15.4. The molecule has 0 saturated carbocycles. The Labute approximate surface area is 171 Å². The third-order valence-electron chi connectivity index (χ3n) is 6.63. The molecule has 0 amide bonds. The maximum absolute atomic E-state index is 9.57. The zero-order valence-electron chi connectivity index (χ0n) is 17.7. The van der Waals surface area contributed by atoms with Crippen LogP contribution in [0.1, 0.15) is 52.4 Å². The molecule has 0 aromatic heterocycles. The van der Waals surface area contributed by atoms with Gasteiger partial charge >= 0.3 is 5.70 Å². The van der Waals surface area contributed by atoms with E-state index in [0.717, 1.165) is 64.4 Å². The molecule has 3 fully saturated rings. The van der Waals surface area contributed by atoms with E-state index in [2.05, 4.69) is 44.4 Å². The van der Waals surface area contributed by atoms with Crippen LogP contribution in [0.5, 0.6) is 0 Å². The van der Waals surface area contributed by atoms with Crippen molar-refractivity contribution in [3.8, 4) is 6.07 Å². The fourth-order valence-corrected chi connectivity index (χ4v) is 4.99. The molecule has 0 atom stereocenters. The van der Waals surface area contributed by atoms with Crippen molar-refractivity contribution in [2.45, 2.75) is 64.5 Å². The van der Waals surface area contributed by atoms with Crippen LogP contribution >= 0.6 is 0 Å². The van der Waals surface area contributed by atoms with E-state index in [9.17, 15) is 5.26 Å². The Kier molecular flexibility index (Phi) is 7.59. The molecule has 0 spiro atoms. The molecular weight excluding hydrogens is 348 g/mol. The maximum Gasteiger partial charge on any atom is 0.300 e. The SMILES string of the molecule is [C-]#[N+]/C(C#N)=C1\N(CCCN2CCCCC2)CCN1C1CCN(C(C)C)CC1. The molecule has 3 aliphatic rings. The lowest BCUT2D eigenvalue weighted by atomic mass is 10.0. The number of hydrogen-bond donors (Lipinski definition) is 0. The standard InChI is InChI=1S/C22H36N6/c1-19(2)26-14-8-20(9-15-26)28-17-16-27(22(28)21(18-23)24-3)13-7-12-25-10-5-4-6-11-25/h19-20H,4-17H2,1-2H3/b22-21+.